The average Bonchev–Trinajstić information content (AvgIpc) is 2.34. The molecule has 0 radical (unpaired) electrons. The molecule has 0 saturated heterocycles. The van der Waals surface area contributed by atoms with Crippen molar-refractivity contribution in [1.82, 2.24) is 5.32 Å². The van der Waals surface area contributed by atoms with Crippen LogP contribution in [0.4, 0.5) is 5.69 Å². The number of carbonyl (C=O) groups excluding carboxylic acids is 1. The Labute approximate surface area is 113 Å². The maximum absolute atomic E-state index is 11.0. The minimum Gasteiger partial charge on any atom is -0.326 e. The zero-order valence-electron chi connectivity index (χ0n) is 10.7. The van der Waals surface area contributed by atoms with Crippen LogP contribution in [0.5, 0.6) is 0 Å². The molecular weight excluding hydrogens is 248 g/mol. The lowest BCUT2D eigenvalue weighted by Gasteiger charge is -2.14. The van der Waals surface area contributed by atoms with Gasteiger partial charge in [-0.3, -0.25) is 4.79 Å². The molecule has 18 heavy (non-hydrogen) atoms. The molecule has 1 rings (SSSR count). The largest absolute Gasteiger partial charge is 0.326 e. The van der Waals surface area contributed by atoms with E-state index in [1.807, 2.05) is 36.4 Å². The molecule has 1 aromatic carbocycles. The Kier molecular flexibility index (Phi) is 6.47. The normalized spacial score (nSPS) is 12.6. The highest BCUT2D eigenvalue weighted by Gasteiger charge is 2.04. The van der Waals surface area contributed by atoms with Crippen LogP contribution in [0.2, 0.25) is 0 Å². The first-order valence-electron chi connectivity index (χ1n) is 5.95. The van der Waals surface area contributed by atoms with E-state index in [0.29, 0.717) is 5.88 Å². The number of hydrogen-bond acceptors (Lipinski definition) is 2. The summed E-state index contributed by atoms with van der Waals surface area (Å²) in [7, 11) is 0. The summed E-state index contributed by atoms with van der Waals surface area (Å²) in [5.41, 5.74) is 1.96. The van der Waals surface area contributed by atoms with Crippen molar-refractivity contribution in [2.45, 2.75) is 19.9 Å². The molecule has 1 amide bonds. The fraction of sp³-hybridized carbons (Fsp3) is 0.357. The van der Waals surface area contributed by atoms with Gasteiger partial charge in [-0.05, 0) is 24.6 Å². The molecule has 0 aliphatic rings. The highest BCUT2D eigenvalue weighted by atomic mass is 35.5. The first-order valence-corrected chi connectivity index (χ1v) is 6.49. The Morgan fingerprint density at radius 3 is 2.89 bits per heavy atom. The molecule has 0 heterocycles. The van der Waals surface area contributed by atoms with E-state index in [1.54, 1.807) is 0 Å². The van der Waals surface area contributed by atoms with E-state index in [2.05, 4.69) is 17.6 Å². The third kappa shape index (κ3) is 5.34. The number of benzene rings is 1. The van der Waals surface area contributed by atoms with Crippen molar-refractivity contribution in [3.8, 4) is 0 Å². The van der Waals surface area contributed by atoms with Gasteiger partial charge in [0.15, 0.2) is 0 Å². The van der Waals surface area contributed by atoms with Gasteiger partial charge >= 0.3 is 0 Å². The van der Waals surface area contributed by atoms with Gasteiger partial charge in [0.05, 0.1) is 0 Å². The van der Waals surface area contributed by atoms with Crippen molar-refractivity contribution in [3.05, 3.63) is 42.0 Å². The zero-order chi connectivity index (χ0) is 13.4. The second-order valence-corrected chi connectivity index (χ2v) is 4.37. The van der Waals surface area contributed by atoms with Gasteiger partial charge in [-0.25, -0.2) is 0 Å². The maximum atomic E-state index is 11.0. The monoisotopic (exact) mass is 266 g/mol. The molecule has 0 spiro atoms. The molecule has 0 fully saturated rings. The lowest BCUT2D eigenvalue weighted by atomic mass is 10.1. The van der Waals surface area contributed by atoms with Crippen molar-refractivity contribution in [2.75, 3.05) is 17.7 Å². The van der Waals surface area contributed by atoms with Crippen LogP contribution < -0.4 is 10.6 Å². The molecule has 4 heteroatoms. The minimum absolute atomic E-state index is 0.0576. The summed E-state index contributed by atoms with van der Waals surface area (Å²) in [6.07, 6.45) is 3.91. The van der Waals surface area contributed by atoms with Crippen LogP contribution in [0.3, 0.4) is 0 Å². The minimum atomic E-state index is -0.0576. The van der Waals surface area contributed by atoms with E-state index in [-0.39, 0.29) is 11.9 Å². The van der Waals surface area contributed by atoms with Gasteiger partial charge in [0.2, 0.25) is 5.91 Å². The summed E-state index contributed by atoms with van der Waals surface area (Å²) in [6.45, 7) is 4.37. The molecule has 1 unspecified atom stereocenters. The molecular formula is C14H19ClN2O. The van der Waals surface area contributed by atoms with E-state index in [1.165, 1.54) is 6.92 Å². The molecule has 0 bridgehead atoms. The highest BCUT2D eigenvalue weighted by molar-refractivity contribution is 6.18. The number of amides is 1. The van der Waals surface area contributed by atoms with Crippen molar-refractivity contribution in [3.63, 3.8) is 0 Å². The van der Waals surface area contributed by atoms with E-state index >= 15 is 0 Å². The lowest BCUT2D eigenvalue weighted by Crippen LogP contribution is -2.18. The number of rotatable bonds is 6. The lowest BCUT2D eigenvalue weighted by molar-refractivity contribution is -0.114. The second-order valence-electron chi connectivity index (χ2n) is 4.06. The Hall–Kier alpha value is -1.32. The number of anilines is 1. The Morgan fingerprint density at radius 1 is 1.44 bits per heavy atom. The van der Waals surface area contributed by atoms with Crippen molar-refractivity contribution < 1.29 is 4.79 Å². The molecule has 1 atom stereocenters. The van der Waals surface area contributed by atoms with Gasteiger partial charge in [-0.15, -0.1) is 11.6 Å². The van der Waals surface area contributed by atoms with Gasteiger partial charge in [-0.2, -0.15) is 0 Å². The van der Waals surface area contributed by atoms with Gasteiger partial charge in [0.25, 0.3) is 0 Å². The number of carbonyl (C=O) groups is 1. The van der Waals surface area contributed by atoms with E-state index in [4.69, 9.17) is 11.6 Å². The van der Waals surface area contributed by atoms with Crippen LogP contribution in [0.25, 0.3) is 0 Å². The topological polar surface area (TPSA) is 41.1 Å². The van der Waals surface area contributed by atoms with E-state index < -0.39 is 0 Å². The molecule has 3 nitrogen and oxygen atoms in total. The van der Waals surface area contributed by atoms with Gasteiger partial charge in [0.1, 0.15) is 0 Å². The van der Waals surface area contributed by atoms with Gasteiger partial charge in [-0.1, -0.05) is 24.3 Å². The van der Waals surface area contributed by atoms with Crippen LogP contribution in [0.15, 0.2) is 36.4 Å². The summed E-state index contributed by atoms with van der Waals surface area (Å²) in [5.74, 6) is 0.478. The second kappa shape index (κ2) is 7.90. The molecule has 0 aliphatic heterocycles. The number of halogens is 1. The Bertz CT molecular complexity index is 418. The zero-order valence-corrected chi connectivity index (χ0v) is 11.5. The SMILES string of the molecule is CC(=O)Nc1cccc(C(C)NC/C=C/CCl)c1. The summed E-state index contributed by atoms with van der Waals surface area (Å²) in [5, 5.41) is 6.13. The van der Waals surface area contributed by atoms with Crippen LogP contribution in [0, 0.1) is 0 Å². The summed E-state index contributed by atoms with van der Waals surface area (Å²) in [4.78, 5) is 11.0. The van der Waals surface area contributed by atoms with Crippen LogP contribution in [-0.4, -0.2) is 18.3 Å². The number of alkyl halides is 1. The number of hydrogen-bond donors (Lipinski definition) is 2. The Balaban J connectivity index is 2.59. The van der Waals surface area contributed by atoms with Gasteiger partial charge < -0.3 is 10.6 Å². The Morgan fingerprint density at radius 2 is 2.22 bits per heavy atom. The van der Waals surface area contributed by atoms with Crippen molar-refractivity contribution in [2.24, 2.45) is 0 Å². The highest BCUT2D eigenvalue weighted by Crippen LogP contribution is 2.17. The molecule has 1 aromatic rings. The summed E-state index contributed by atoms with van der Waals surface area (Å²) >= 11 is 5.55. The summed E-state index contributed by atoms with van der Waals surface area (Å²) < 4.78 is 0. The fourth-order valence-electron chi connectivity index (χ4n) is 1.60. The molecule has 98 valence electrons. The predicted molar refractivity (Wildman–Crippen MR) is 77.0 cm³/mol. The number of allylic oxidation sites excluding steroid dienone is 1. The van der Waals surface area contributed by atoms with E-state index in [0.717, 1.165) is 17.8 Å². The van der Waals surface area contributed by atoms with Crippen LogP contribution in [-0.2, 0) is 4.79 Å². The molecule has 0 aromatic heterocycles. The molecule has 2 N–H and O–H groups in total. The van der Waals surface area contributed by atoms with E-state index in [9.17, 15) is 4.79 Å². The van der Waals surface area contributed by atoms with Crippen LogP contribution >= 0.6 is 11.6 Å². The third-order valence-electron chi connectivity index (χ3n) is 2.50. The third-order valence-corrected chi connectivity index (χ3v) is 2.68. The number of nitrogens with one attached hydrogen (secondary N) is 2. The molecule has 0 saturated carbocycles. The first-order chi connectivity index (χ1) is 8.63. The average molecular weight is 267 g/mol. The van der Waals surface area contributed by atoms with Crippen LogP contribution in [0.1, 0.15) is 25.5 Å². The summed E-state index contributed by atoms with van der Waals surface area (Å²) in [6, 6.07) is 8.05. The quantitative estimate of drug-likeness (QED) is 0.614. The predicted octanol–water partition coefficient (Wildman–Crippen LogP) is 3.09. The maximum Gasteiger partial charge on any atom is 0.221 e. The van der Waals surface area contributed by atoms with Crippen molar-refractivity contribution in [1.29, 1.82) is 0 Å². The van der Waals surface area contributed by atoms with Gasteiger partial charge in [0, 0.05) is 31.1 Å². The molecule has 0 aliphatic carbocycles. The fourth-order valence-corrected chi connectivity index (χ4v) is 1.72. The standard InChI is InChI=1S/C14H19ClN2O/c1-11(16-9-4-3-8-15)13-6-5-7-14(10-13)17-12(2)18/h3-7,10-11,16H,8-9H2,1-2H3,(H,17,18)/b4-3+. The smallest absolute Gasteiger partial charge is 0.221 e. The first kappa shape index (κ1) is 14.7. The van der Waals surface area contributed by atoms with Crippen molar-refractivity contribution >= 4 is 23.2 Å².